The van der Waals surface area contributed by atoms with E-state index in [0.29, 0.717) is 19.3 Å². The smallest absolute Gasteiger partial charge is 0.460 e. The number of aliphatic hydroxyl groups is 1. The van der Waals surface area contributed by atoms with Crippen molar-refractivity contribution < 1.29 is 80.5 Å². The van der Waals surface area contributed by atoms with Crippen LogP contribution in [0.3, 0.4) is 0 Å². The first kappa shape index (κ1) is 31.4. The molecule has 0 amide bonds. The molecule has 1 aliphatic rings. The third kappa shape index (κ3) is 5.12. The maximum Gasteiger partial charge on any atom is 0.460 e. The predicted octanol–water partition coefficient (Wildman–Crippen LogP) is 6.38. The molecule has 1 saturated carbocycles. The van der Waals surface area contributed by atoms with E-state index in [1.54, 1.807) is 0 Å². The molecule has 0 radical (unpaired) electrons. The van der Waals surface area contributed by atoms with E-state index in [-0.39, 0.29) is 19.8 Å². The van der Waals surface area contributed by atoms with Gasteiger partial charge in [-0.3, -0.25) is 0 Å². The van der Waals surface area contributed by atoms with Crippen LogP contribution in [0.1, 0.15) is 45.4 Å². The second-order valence-corrected chi connectivity index (χ2v) is 8.19. The third-order valence-electron chi connectivity index (χ3n) is 5.22. The molecular weight excluding hydrogens is 537 g/mol. The summed E-state index contributed by atoms with van der Waals surface area (Å²) in [4.78, 5) is 11.9. The van der Waals surface area contributed by atoms with Crippen molar-refractivity contribution in [2.75, 3.05) is 0 Å². The van der Waals surface area contributed by atoms with E-state index in [9.17, 15) is 75.8 Å². The Balaban J connectivity index is 3.33. The van der Waals surface area contributed by atoms with Gasteiger partial charge >= 0.3 is 47.7 Å². The quantitative estimate of drug-likeness (QED) is 0.266. The van der Waals surface area contributed by atoms with Gasteiger partial charge in [0.15, 0.2) is 5.60 Å². The molecule has 0 heterocycles. The molecule has 0 aromatic heterocycles. The molecule has 0 aliphatic heterocycles. The first-order valence-electron chi connectivity index (χ1n) is 9.48. The van der Waals surface area contributed by atoms with Crippen molar-refractivity contribution in [3.8, 4) is 0 Å². The van der Waals surface area contributed by atoms with Gasteiger partial charge in [0.05, 0.1) is 6.42 Å². The molecule has 1 N–H and O–H groups in total. The van der Waals surface area contributed by atoms with E-state index in [1.165, 1.54) is 0 Å². The zero-order chi connectivity index (χ0) is 28.1. The maximum atomic E-state index is 14.0. The van der Waals surface area contributed by atoms with Crippen molar-refractivity contribution in [1.29, 1.82) is 0 Å². The van der Waals surface area contributed by atoms with Gasteiger partial charge in [0.2, 0.25) is 0 Å². The van der Waals surface area contributed by atoms with Crippen molar-refractivity contribution in [2.45, 2.75) is 98.9 Å². The van der Waals surface area contributed by atoms with Crippen LogP contribution in [0.2, 0.25) is 0 Å². The first-order valence-corrected chi connectivity index (χ1v) is 9.48. The lowest BCUT2D eigenvalue weighted by Crippen LogP contribution is -2.73. The molecule has 0 aromatic rings. The summed E-state index contributed by atoms with van der Waals surface area (Å²) in [6, 6.07) is 0. The number of carbonyl (C=O) groups is 1. The number of rotatable bonds is 9. The van der Waals surface area contributed by atoms with E-state index >= 15 is 0 Å². The Morgan fingerprint density at radius 2 is 1.06 bits per heavy atom. The predicted molar refractivity (Wildman–Crippen MR) is 83.9 cm³/mol. The number of ether oxygens (including phenoxy) is 1. The fourth-order valence-corrected chi connectivity index (χ4v) is 3.08. The third-order valence-corrected chi connectivity index (χ3v) is 5.22. The summed E-state index contributed by atoms with van der Waals surface area (Å²) in [7, 11) is 0. The Kier molecular flexibility index (Phi) is 8.12. The summed E-state index contributed by atoms with van der Waals surface area (Å²) >= 11 is 0. The van der Waals surface area contributed by atoms with Crippen molar-refractivity contribution in [1.82, 2.24) is 0 Å². The molecular formula is C17H17F15O3. The molecule has 0 saturated heterocycles. The van der Waals surface area contributed by atoms with Gasteiger partial charge in [0.25, 0.3) is 0 Å². The van der Waals surface area contributed by atoms with Gasteiger partial charge in [-0.05, 0) is 32.6 Å². The molecule has 1 fully saturated rings. The number of carbonyl (C=O) groups excluding carboxylic acids is 1. The van der Waals surface area contributed by atoms with Crippen LogP contribution in [0.4, 0.5) is 65.9 Å². The molecule has 1 atom stereocenters. The number of halogens is 15. The topological polar surface area (TPSA) is 46.5 Å². The number of hydrogen-bond donors (Lipinski definition) is 1. The van der Waals surface area contributed by atoms with E-state index in [2.05, 4.69) is 4.74 Å². The average molecular weight is 554 g/mol. The number of hydrogen-bond acceptors (Lipinski definition) is 3. The highest BCUT2D eigenvalue weighted by Gasteiger charge is 2.93. The minimum Gasteiger partial charge on any atom is -0.460 e. The van der Waals surface area contributed by atoms with Crippen molar-refractivity contribution >= 4 is 5.97 Å². The van der Waals surface area contributed by atoms with Crippen molar-refractivity contribution in [2.24, 2.45) is 0 Å². The van der Waals surface area contributed by atoms with Crippen LogP contribution in [0.25, 0.3) is 0 Å². The van der Waals surface area contributed by atoms with Gasteiger partial charge in [-0.25, -0.2) is 4.79 Å². The summed E-state index contributed by atoms with van der Waals surface area (Å²) < 4.78 is 203. The SMILES string of the molecule is CC(O)(CC(F)(F)C(F)(F)C(F)(F)C(F)(F)C(F)(F)C(F)(F)C(F)(F)F)C(=O)OC1CCCCC1. The normalized spacial score (nSPS) is 19.9. The minimum absolute atomic E-state index is 0.00908. The zero-order valence-corrected chi connectivity index (χ0v) is 17.3. The lowest BCUT2D eigenvalue weighted by Gasteiger charge is -2.42. The Morgan fingerprint density at radius 1 is 0.686 bits per heavy atom. The molecule has 0 spiro atoms. The Hall–Kier alpha value is -1.62. The van der Waals surface area contributed by atoms with Crippen molar-refractivity contribution in [3.05, 3.63) is 0 Å². The molecule has 35 heavy (non-hydrogen) atoms. The highest BCUT2D eigenvalue weighted by atomic mass is 19.4. The maximum absolute atomic E-state index is 14.0. The Morgan fingerprint density at radius 3 is 1.46 bits per heavy atom. The van der Waals surface area contributed by atoms with Crippen LogP contribution in [0.5, 0.6) is 0 Å². The van der Waals surface area contributed by atoms with Gasteiger partial charge < -0.3 is 9.84 Å². The molecule has 208 valence electrons. The molecule has 1 rings (SSSR count). The fourth-order valence-electron chi connectivity index (χ4n) is 3.08. The van der Waals surface area contributed by atoms with Crippen LogP contribution in [0, 0.1) is 0 Å². The summed E-state index contributed by atoms with van der Waals surface area (Å²) in [6.07, 6.45) is -10.2. The van der Waals surface area contributed by atoms with Crippen LogP contribution in [-0.4, -0.2) is 64.5 Å². The van der Waals surface area contributed by atoms with Crippen LogP contribution in [-0.2, 0) is 9.53 Å². The number of esters is 1. The lowest BCUT2D eigenvalue weighted by molar-refractivity contribution is -0.453. The average Bonchev–Trinajstić information content (AvgIpc) is 2.66. The highest BCUT2D eigenvalue weighted by Crippen LogP contribution is 2.63. The van der Waals surface area contributed by atoms with E-state index < -0.39 is 65.8 Å². The first-order chi connectivity index (χ1) is 15.2. The van der Waals surface area contributed by atoms with E-state index in [4.69, 9.17) is 0 Å². The molecule has 18 heteroatoms. The van der Waals surface area contributed by atoms with Gasteiger partial charge in [-0.15, -0.1) is 0 Å². The lowest BCUT2D eigenvalue weighted by atomic mass is 9.86. The molecule has 0 aromatic carbocycles. The second kappa shape index (κ2) is 9.04. The van der Waals surface area contributed by atoms with Crippen LogP contribution >= 0.6 is 0 Å². The van der Waals surface area contributed by atoms with E-state index in [0.717, 1.165) is 0 Å². The summed E-state index contributed by atoms with van der Waals surface area (Å²) in [5, 5.41) is 9.74. The van der Waals surface area contributed by atoms with Gasteiger partial charge in [-0.1, -0.05) is 6.42 Å². The van der Waals surface area contributed by atoms with Crippen molar-refractivity contribution in [3.63, 3.8) is 0 Å². The molecule has 3 nitrogen and oxygen atoms in total. The molecule has 1 aliphatic carbocycles. The summed E-state index contributed by atoms with van der Waals surface area (Å²) in [6.45, 7) is -0.00908. The Bertz CT molecular complexity index is 767. The minimum atomic E-state index is -8.43. The summed E-state index contributed by atoms with van der Waals surface area (Å²) in [5.41, 5.74) is -3.84. The largest absolute Gasteiger partial charge is 0.460 e. The zero-order valence-electron chi connectivity index (χ0n) is 17.3. The van der Waals surface area contributed by atoms with Crippen LogP contribution < -0.4 is 0 Å². The van der Waals surface area contributed by atoms with Crippen LogP contribution in [0.15, 0.2) is 0 Å². The second-order valence-electron chi connectivity index (χ2n) is 8.19. The molecule has 0 bridgehead atoms. The highest BCUT2D eigenvalue weighted by molar-refractivity contribution is 5.79. The molecule has 1 unspecified atom stereocenters. The number of alkyl halides is 15. The van der Waals surface area contributed by atoms with Gasteiger partial charge in [-0.2, -0.15) is 65.9 Å². The van der Waals surface area contributed by atoms with E-state index in [1.807, 2.05) is 0 Å². The van der Waals surface area contributed by atoms with Gasteiger partial charge in [0.1, 0.15) is 6.10 Å². The fraction of sp³-hybridized carbons (Fsp3) is 0.941. The Labute approximate surface area is 186 Å². The monoisotopic (exact) mass is 554 g/mol. The summed E-state index contributed by atoms with van der Waals surface area (Å²) in [5.74, 6) is -49.8. The van der Waals surface area contributed by atoms with Gasteiger partial charge in [0, 0.05) is 0 Å². The standard InChI is InChI=1S/C17H17F15O3/c1-10(34,9(33)35-8-5-3-2-4-6-8)7-11(18,19)12(20,21)13(22,23)14(24,25)15(26,27)16(28,29)17(30,31)32/h8,34H,2-7H2,1H3.